The summed E-state index contributed by atoms with van der Waals surface area (Å²) in [6.07, 6.45) is 0. The largest absolute Gasteiger partial charge is 0.399 e. The normalized spacial score (nSPS) is 27.2. The zero-order valence-corrected chi connectivity index (χ0v) is 15.4. The maximum atomic E-state index is 13.0. The molecule has 2 aromatic rings. The number of imide groups is 1. The monoisotopic (exact) mass is 405 g/mol. The highest BCUT2D eigenvalue weighted by Gasteiger charge is 2.72. The number of anilines is 3. The van der Waals surface area contributed by atoms with Gasteiger partial charge in [-0.15, -0.1) is 0 Å². The molecule has 10 heteroatoms. The number of nitrogen functional groups attached to an aromatic ring is 1. The van der Waals surface area contributed by atoms with Gasteiger partial charge in [0.05, 0.1) is 34.1 Å². The second kappa shape index (κ2) is 5.96. The van der Waals surface area contributed by atoms with E-state index in [-0.39, 0.29) is 11.5 Å². The van der Waals surface area contributed by atoms with Crippen LogP contribution >= 0.6 is 0 Å². The van der Waals surface area contributed by atoms with Gasteiger partial charge < -0.3 is 5.73 Å². The van der Waals surface area contributed by atoms with Crippen molar-refractivity contribution in [2.45, 2.75) is 0 Å². The average molecular weight is 405 g/mol. The van der Waals surface area contributed by atoms with Gasteiger partial charge in [-0.25, -0.2) is 0 Å². The molecule has 4 atom stereocenters. The minimum absolute atomic E-state index is 0.0691. The first-order valence-electron chi connectivity index (χ1n) is 9.21. The minimum Gasteiger partial charge on any atom is -0.399 e. The number of carbonyl (C=O) groups is 3. The zero-order chi connectivity index (χ0) is 21.3. The molecule has 2 heterocycles. The maximum absolute atomic E-state index is 13.0. The Bertz CT molecular complexity index is 1100. The Kier molecular flexibility index (Phi) is 3.57. The van der Waals surface area contributed by atoms with E-state index >= 15 is 0 Å². The van der Waals surface area contributed by atoms with Crippen molar-refractivity contribution in [3.05, 3.63) is 58.6 Å². The van der Waals surface area contributed by atoms with Crippen molar-refractivity contribution in [3.8, 4) is 0 Å². The predicted octanol–water partition coefficient (Wildman–Crippen LogP) is 1.55. The van der Waals surface area contributed by atoms with Gasteiger partial charge in [0, 0.05) is 23.7 Å². The molecule has 4 unspecified atom stereocenters. The van der Waals surface area contributed by atoms with Crippen LogP contribution in [0.15, 0.2) is 48.5 Å². The summed E-state index contributed by atoms with van der Waals surface area (Å²) in [6.45, 7) is 0. The van der Waals surface area contributed by atoms with Crippen molar-refractivity contribution in [2.75, 3.05) is 15.5 Å². The van der Waals surface area contributed by atoms with E-state index in [0.717, 1.165) is 9.80 Å². The Hall–Kier alpha value is -4.08. The van der Waals surface area contributed by atoms with Gasteiger partial charge in [-0.2, -0.15) is 0 Å². The summed E-state index contributed by atoms with van der Waals surface area (Å²) in [5.74, 6) is -4.45. The number of non-ortho nitro benzene ring substituents is 1. The van der Waals surface area contributed by atoms with E-state index in [1.54, 1.807) is 24.3 Å². The average Bonchev–Trinajstić information content (AvgIpc) is 3.01. The number of hydrogen-bond donors (Lipinski definition) is 2. The Balaban J connectivity index is 1.45. The number of amidine groups is 1. The van der Waals surface area contributed by atoms with Crippen molar-refractivity contribution in [1.29, 1.82) is 5.41 Å². The number of nitro benzene ring substituents is 1. The molecule has 1 saturated carbocycles. The fourth-order valence-electron chi connectivity index (χ4n) is 4.70. The highest BCUT2D eigenvalue weighted by Crippen LogP contribution is 2.57. The number of fused-ring (bicyclic) bond motifs is 4. The third-order valence-electron chi connectivity index (χ3n) is 6.09. The molecule has 0 spiro atoms. The fraction of sp³-hybridized carbons (Fsp3) is 0.200. The first kappa shape index (κ1) is 18.0. The smallest absolute Gasteiger partial charge is 0.269 e. The lowest BCUT2D eigenvalue weighted by Crippen LogP contribution is -2.50. The summed E-state index contributed by atoms with van der Waals surface area (Å²) in [7, 11) is 0. The molecular formula is C20H15N5O5. The molecule has 5 rings (SSSR count). The lowest BCUT2D eigenvalue weighted by molar-refractivity contribution is -0.384. The number of benzene rings is 2. The number of amides is 3. The van der Waals surface area contributed by atoms with E-state index in [2.05, 4.69) is 0 Å². The molecule has 30 heavy (non-hydrogen) atoms. The molecule has 1 aliphatic carbocycles. The third kappa shape index (κ3) is 2.18. The fourth-order valence-corrected chi connectivity index (χ4v) is 4.70. The van der Waals surface area contributed by atoms with Crippen LogP contribution in [0.25, 0.3) is 0 Å². The molecule has 3 fully saturated rings. The second-order valence-corrected chi connectivity index (χ2v) is 7.54. The van der Waals surface area contributed by atoms with E-state index in [0.29, 0.717) is 17.1 Å². The van der Waals surface area contributed by atoms with Crippen LogP contribution in [-0.4, -0.2) is 28.5 Å². The van der Waals surface area contributed by atoms with Gasteiger partial charge in [-0.1, -0.05) is 0 Å². The van der Waals surface area contributed by atoms with Gasteiger partial charge in [0.25, 0.3) is 5.69 Å². The van der Waals surface area contributed by atoms with Crippen LogP contribution in [0.1, 0.15) is 0 Å². The summed E-state index contributed by atoms with van der Waals surface area (Å²) in [5, 5.41) is 19.3. The molecule has 2 saturated heterocycles. The standard InChI is InChI=1S/C20H15N5O5/c21-9-1-3-11(4-2-9)24-19(27)15-13-14(16(15)20(24)28)18(26)23(17(13)22)10-5-7-12(8-6-10)25(29)30/h1-8,13-16,22H,21H2. The molecular weight excluding hydrogens is 390 g/mol. The van der Waals surface area contributed by atoms with Crippen LogP contribution in [0.4, 0.5) is 22.7 Å². The van der Waals surface area contributed by atoms with Crippen molar-refractivity contribution < 1.29 is 19.3 Å². The molecule has 150 valence electrons. The van der Waals surface area contributed by atoms with Crippen LogP contribution in [0, 0.1) is 39.2 Å². The van der Waals surface area contributed by atoms with Crippen molar-refractivity contribution in [3.63, 3.8) is 0 Å². The number of nitrogens with zero attached hydrogens (tertiary/aromatic N) is 3. The number of nitrogens with two attached hydrogens (primary N) is 1. The van der Waals surface area contributed by atoms with E-state index in [1.807, 2.05) is 0 Å². The molecule has 10 nitrogen and oxygen atoms in total. The van der Waals surface area contributed by atoms with E-state index < -0.39 is 46.3 Å². The molecule has 0 radical (unpaired) electrons. The lowest BCUT2D eigenvalue weighted by Gasteiger charge is -2.37. The van der Waals surface area contributed by atoms with E-state index in [4.69, 9.17) is 11.1 Å². The van der Waals surface area contributed by atoms with Crippen molar-refractivity contribution in [2.24, 2.45) is 23.7 Å². The first-order chi connectivity index (χ1) is 14.3. The zero-order valence-electron chi connectivity index (χ0n) is 15.4. The number of carbonyl (C=O) groups excluding carboxylic acids is 3. The first-order valence-corrected chi connectivity index (χ1v) is 9.21. The Morgan fingerprint density at radius 3 is 1.73 bits per heavy atom. The van der Waals surface area contributed by atoms with Gasteiger partial charge in [0.15, 0.2) is 0 Å². The Morgan fingerprint density at radius 1 is 0.767 bits per heavy atom. The van der Waals surface area contributed by atoms with Crippen LogP contribution in [0.2, 0.25) is 0 Å². The van der Waals surface area contributed by atoms with Crippen LogP contribution < -0.4 is 15.5 Å². The van der Waals surface area contributed by atoms with Gasteiger partial charge >= 0.3 is 0 Å². The molecule has 3 amide bonds. The summed E-state index contributed by atoms with van der Waals surface area (Å²) in [4.78, 5) is 51.5. The lowest BCUT2D eigenvalue weighted by atomic mass is 9.59. The molecule has 3 N–H and O–H groups in total. The van der Waals surface area contributed by atoms with Crippen LogP contribution in [0.5, 0.6) is 0 Å². The van der Waals surface area contributed by atoms with E-state index in [9.17, 15) is 24.5 Å². The number of hydrogen-bond acceptors (Lipinski definition) is 7. The quantitative estimate of drug-likeness (QED) is 0.342. The minimum atomic E-state index is -0.809. The van der Waals surface area contributed by atoms with Gasteiger partial charge in [-0.05, 0) is 36.4 Å². The Labute approximate surface area is 169 Å². The molecule has 0 aromatic heterocycles. The van der Waals surface area contributed by atoms with Gasteiger partial charge in [0.1, 0.15) is 5.84 Å². The van der Waals surface area contributed by atoms with Crippen LogP contribution in [-0.2, 0) is 14.4 Å². The third-order valence-corrected chi connectivity index (χ3v) is 6.09. The van der Waals surface area contributed by atoms with Crippen molar-refractivity contribution >= 4 is 46.3 Å². The Morgan fingerprint density at radius 2 is 1.20 bits per heavy atom. The highest BCUT2D eigenvalue weighted by atomic mass is 16.6. The topological polar surface area (TPSA) is 151 Å². The highest BCUT2D eigenvalue weighted by molar-refractivity contribution is 6.32. The van der Waals surface area contributed by atoms with E-state index in [1.165, 1.54) is 24.3 Å². The molecule has 3 aliphatic rings. The second-order valence-electron chi connectivity index (χ2n) is 7.54. The summed E-state index contributed by atoms with van der Waals surface area (Å²) in [5.41, 5.74) is 6.71. The van der Waals surface area contributed by atoms with Gasteiger partial charge in [-0.3, -0.25) is 39.7 Å². The molecule has 0 bridgehead atoms. The van der Waals surface area contributed by atoms with Crippen LogP contribution in [0.3, 0.4) is 0 Å². The molecule has 2 aromatic carbocycles. The predicted molar refractivity (Wildman–Crippen MR) is 106 cm³/mol. The summed E-state index contributed by atoms with van der Waals surface area (Å²) >= 11 is 0. The number of nitrogens with one attached hydrogen (secondary N) is 1. The van der Waals surface area contributed by atoms with Crippen molar-refractivity contribution in [1.82, 2.24) is 0 Å². The van der Waals surface area contributed by atoms with Gasteiger partial charge in [0.2, 0.25) is 17.7 Å². The number of nitro groups is 1. The molecule has 2 aliphatic heterocycles. The summed E-state index contributed by atoms with van der Waals surface area (Å²) in [6, 6.07) is 11.6. The summed E-state index contributed by atoms with van der Waals surface area (Å²) < 4.78 is 0. The maximum Gasteiger partial charge on any atom is 0.269 e. The number of rotatable bonds is 3. The SMILES string of the molecule is N=C1C2C(C(=O)N1c1ccc([N+](=O)[O-])cc1)C1C(=O)N(c3ccc(N)cc3)C(=O)C21.